The Bertz CT molecular complexity index is 353. The second-order valence-electron chi connectivity index (χ2n) is 5.80. The van der Waals surface area contributed by atoms with Crippen LogP contribution >= 0.6 is 11.3 Å². The van der Waals surface area contributed by atoms with Gasteiger partial charge in [0.1, 0.15) is 0 Å². The summed E-state index contributed by atoms with van der Waals surface area (Å²) in [5.41, 5.74) is 8.01. The monoisotopic (exact) mass is 249 g/mol. The highest BCUT2D eigenvalue weighted by atomic mass is 32.1. The van der Waals surface area contributed by atoms with Crippen molar-refractivity contribution in [2.45, 2.75) is 63.8 Å². The van der Waals surface area contributed by atoms with Crippen LogP contribution in [0.1, 0.15) is 66.3 Å². The minimum absolute atomic E-state index is 0.314. The molecule has 2 N–H and O–H groups in total. The first kappa shape index (κ1) is 11.7. The van der Waals surface area contributed by atoms with Gasteiger partial charge in [0.25, 0.3) is 0 Å². The molecule has 0 aliphatic heterocycles. The molecule has 0 bridgehead atoms. The molecule has 0 amide bonds. The quantitative estimate of drug-likeness (QED) is 0.853. The smallest absolute Gasteiger partial charge is 0.0392 e. The minimum Gasteiger partial charge on any atom is -0.323 e. The topological polar surface area (TPSA) is 26.0 Å². The van der Waals surface area contributed by atoms with Gasteiger partial charge < -0.3 is 5.73 Å². The first-order valence-electron chi connectivity index (χ1n) is 7.20. The zero-order chi connectivity index (χ0) is 11.7. The highest BCUT2D eigenvalue weighted by Crippen LogP contribution is 2.37. The Hall–Kier alpha value is -0.340. The van der Waals surface area contributed by atoms with Crippen LogP contribution in [-0.4, -0.2) is 0 Å². The van der Waals surface area contributed by atoms with Gasteiger partial charge in [-0.3, -0.25) is 0 Å². The summed E-state index contributed by atoms with van der Waals surface area (Å²) < 4.78 is 0. The third-order valence-corrected chi connectivity index (χ3v) is 5.81. The van der Waals surface area contributed by atoms with Crippen molar-refractivity contribution < 1.29 is 0 Å². The molecule has 1 aromatic rings. The van der Waals surface area contributed by atoms with E-state index in [2.05, 4.69) is 6.07 Å². The maximum absolute atomic E-state index is 6.40. The highest BCUT2D eigenvalue weighted by molar-refractivity contribution is 7.12. The summed E-state index contributed by atoms with van der Waals surface area (Å²) in [7, 11) is 0. The molecule has 1 aromatic heterocycles. The van der Waals surface area contributed by atoms with Crippen molar-refractivity contribution in [1.82, 2.24) is 0 Å². The Morgan fingerprint density at radius 1 is 1.18 bits per heavy atom. The summed E-state index contributed by atoms with van der Waals surface area (Å²) in [4.78, 5) is 3.09. The Balaban J connectivity index is 1.67. The molecule has 0 aromatic carbocycles. The summed E-state index contributed by atoms with van der Waals surface area (Å²) in [5.74, 6) is 0.907. The van der Waals surface area contributed by atoms with Crippen LogP contribution in [0.5, 0.6) is 0 Å². The van der Waals surface area contributed by atoms with Gasteiger partial charge in [0.05, 0.1) is 0 Å². The maximum Gasteiger partial charge on any atom is 0.0392 e. The maximum atomic E-state index is 6.40. The number of hydrogen-bond donors (Lipinski definition) is 1. The van der Waals surface area contributed by atoms with Gasteiger partial charge in [-0.05, 0) is 49.7 Å². The van der Waals surface area contributed by atoms with E-state index in [1.807, 2.05) is 11.3 Å². The van der Waals surface area contributed by atoms with Gasteiger partial charge in [0.2, 0.25) is 0 Å². The molecule has 0 spiro atoms. The molecule has 1 nitrogen and oxygen atoms in total. The van der Waals surface area contributed by atoms with E-state index in [-0.39, 0.29) is 0 Å². The fourth-order valence-corrected chi connectivity index (χ4v) is 4.69. The summed E-state index contributed by atoms with van der Waals surface area (Å²) in [6.07, 6.45) is 12.3. The van der Waals surface area contributed by atoms with Crippen LogP contribution < -0.4 is 5.73 Å². The first-order chi connectivity index (χ1) is 8.33. The molecule has 0 radical (unpaired) electrons. The Morgan fingerprint density at radius 3 is 2.71 bits per heavy atom. The van der Waals surface area contributed by atoms with Crippen molar-refractivity contribution in [3.8, 4) is 0 Å². The normalized spacial score (nSPS) is 22.6. The average Bonchev–Trinajstić information content (AvgIpc) is 2.96. The number of rotatable bonds is 3. The lowest BCUT2D eigenvalue weighted by Crippen LogP contribution is -2.12. The number of fused-ring (bicyclic) bond motifs is 1. The summed E-state index contributed by atoms with van der Waals surface area (Å²) in [5, 5.41) is 0. The third-order valence-electron chi connectivity index (χ3n) is 4.44. The predicted octanol–water partition coefficient (Wildman–Crippen LogP) is 4.21. The third kappa shape index (κ3) is 2.58. The molecule has 17 heavy (non-hydrogen) atoms. The van der Waals surface area contributed by atoms with Crippen LogP contribution in [0.2, 0.25) is 0 Å². The van der Waals surface area contributed by atoms with Gasteiger partial charge >= 0.3 is 0 Å². The molecule has 1 unspecified atom stereocenters. The zero-order valence-electron chi connectivity index (χ0n) is 10.6. The molecule has 1 saturated carbocycles. The second kappa shape index (κ2) is 5.11. The fourth-order valence-electron chi connectivity index (χ4n) is 3.42. The lowest BCUT2D eigenvalue weighted by Gasteiger charge is -2.14. The molecule has 2 aliphatic rings. The molecular weight excluding hydrogens is 226 g/mol. The molecule has 3 rings (SSSR count). The van der Waals surface area contributed by atoms with Crippen LogP contribution in [0.15, 0.2) is 6.07 Å². The van der Waals surface area contributed by atoms with E-state index in [1.165, 1.54) is 62.7 Å². The van der Waals surface area contributed by atoms with E-state index in [9.17, 15) is 0 Å². The van der Waals surface area contributed by atoms with E-state index in [0.717, 1.165) is 5.92 Å². The van der Waals surface area contributed by atoms with Crippen molar-refractivity contribution >= 4 is 11.3 Å². The second-order valence-corrected chi connectivity index (χ2v) is 6.97. The Kier molecular flexibility index (Phi) is 3.53. The number of aryl methyl sites for hydroxylation is 2. The predicted molar refractivity (Wildman–Crippen MR) is 74.5 cm³/mol. The fraction of sp³-hybridized carbons (Fsp3) is 0.733. The minimum atomic E-state index is 0.314. The lowest BCUT2D eigenvalue weighted by atomic mass is 9.96. The van der Waals surface area contributed by atoms with Crippen LogP contribution in [0.4, 0.5) is 0 Å². The first-order valence-corrected chi connectivity index (χ1v) is 8.01. The van der Waals surface area contributed by atoms with Crippen LogP contribution in [0.3, 0.4) is 0 Å². The van der Waals surface area contributed by atoms with E-state index in [4.69, 9.17) is 5.73 Å². The van der Waals surface area contributed by atoms with Crippen LogP contribution in [0.25, 0.3) is 0 Å². The largest absolute Gasteiger partial charge is 0.323 e. The Labute approximate surface area is 108 Å². The van der Waals surface area contributed by atoms with E-state index < -0.39 is 0 Å². The molecule has 94 valence electrons. The van der Waals surface area contributed by atoms with Crippen LogP contribution in [-0.2, 0) is 12.8 Å². The molecule has 0 saturated heterocycles. The zero-order valence-corrected chi connectivity index (χ0v) is 11.4. The Morgan fingerprint density at radius 2 is 1.94 bits per heavy atom. The van der Waals surface area contributed by atoms with Gasteiger partial charge in [-0.25, -0.2) is 0 Å². The highest BCUT2D eigenvalue weighted by Gasteiger charge is 2.21. The molecule has 2 aliphatic carbocycles. The molecule has 1 atom stereocenters. The van der Waals surface area contributed by atoms with Crippen molar-refractivity contribution in [3.63, 3.8) is 0 Å². The van der Waals surface area contributed by atoms with E-state index in [1.54, 1.807) is 10.4 Å². The number of hydrogen-bond acceptors (Lipinski definition) is 2. The molecule has 1 heterocycles. The standard InChI is InChI=1S/C15H23NS/c16-13(9-11-5-1-2-6-11)15-10-12-7-3-4-8-14(12)17-15/h10-11,13H,1-9,16H2. The van der Waals surface area contributed by atoms with Gasteiger partial charge in [-0.1, -0.05) is 25.7 Å². The van der Waals surface area contributed by atoms with Crippen molar-refractivity contribution in [3.05, 3.63) is 21.4 Å². The van der Waals surface area contributed by atoms with Crippen molar-refractivity contribution in [2.75, 3.05) is 0 Å². The van der Waals surface area contributed by atoms with E-state index >= 15 is 0 Å². The van der Waals surface area contributed by atoms with E-state index in [0.29, 0.717) is 6.04 Å². The van der Waals surface area contributed by atoms with Gasteiger partial charge in [-0.2, -0.15) is 0 Å². The molecular formula is C15H23NS. The molecule has 2 heteroatoms. The number of nitrogens with two attached hydrogens (primary N) is 1. The number of thiophene rings is 1. The summed E-state index contributed by atoms with van der Waals surface area (Å²) in [6.45, 7) is 0. The van der Waals surface area contributed by atoms with Gasteiger partial charge in [0, 0.05) is 15.8 Å². The summed E-state index contributed by atoms with van der Waals surface area (Å²) in [6, 6.07) is 2.73. The van der Waals surface area contributed by atoms with Crippen LogP contribution in [0, 0.1) is 5.92 Å². The van der Waals surface area contributed by atoms with Gasteiger partial charge in [0.15, 0.2) is 0 Å². The lowest BCUT2D eigenvalue weighted by molar-refractivity contribution is 0.454. The average molecular weight is 249 g/mol. The SMILES string of the molecule is NC(CC1CCCC1)c1cc2c(s1)CCCC2. The van der Waals surface area contributed by atoms with Gasteiger partial charge in [-0.15, -0.1) is 11.3 Å². The summed E-state index contributed by atoms with van der Waals surface area (Å²) >= 11 is 2.00. The van der Waals surface area contributed by atoms with Crippen molar-refractivity contribution in [2.24, 2.45) is 11.7 Å². The molecule has 1 fully saturated rings. The van der Waals surface area contributed by atoms with Crippen molar-refractivity contribution in [1.29, 1.82) is 0 Å².